The average Bonchev–Trinajstić information content (AvgIpc) is 3.30. The van der Waals surface area contributed by atoms with Gasteiger partial charge in [0.1, 0.15) is 5.69 Å². The summed E-state index contributed by atoms with van der Waals surface area (Å²) >= 11 is 0. The number of imidazole rings is 1. The topological polar surface area (TPSA) is 162 Å². The van der Waals surface area contributed by atoms with Gasteiger partial charge in [-0.3, -0.25) is 4.98 Å². The molecule has 0 bridgehead atoms. The van der Waals surface area contributed by atoms with E-state index in [0.717, 1.165) is 12.8 Å². The van der Waals surface area contributed by atoms with Gasteiger partial charge in [0.15, 0.2) is 15.5 Å². The van der Waals surface area contributed by atoms with Gasteiger partial charge < -0.3 is 15.0 Å². The van der Waals surface area contributed by atoms with E-state index in [1.165, 1.54) is 4.52 Å². The fourth-order valence-electron chi connectivity index (χ4n) is 3.12. The zero-order chi connectivity index (χ0) is 20.2. The highest BCUT2D eigenvalue weighted by Crippen LogP contribution is 2.22. The van der Waals surface area contributed by atoms with Crippen molar-refractivity contribution in [3.63, 3.8) is 0 Å². The fourth-order valence-corrected chi connectivity index (χ4v) is 4.32. The Bertz CT molecular complexity index is 1370. The molecule has 152 valence electrons. The maximum atomic E-state index is 11.7. The van der Waals surface area contributed by atoms with Crippen LogP contribution in [0, 0.1) is 0 Å². The second-order valence-electron chi connectivity index (χ2n) is 7.14. The summed E-state index contributed by atoms with van der Waals surface area (Å²) in [6, 6.07) is 0.199. The maximum Gasteiger partial charge on any atom is 0.326 e. The first-order valence-electron chi connectivity index (χ1n) is 9.16. The molecule has 0 atom stereocenters. The molecule has 29 heavy (non-hydrogen) atoms. The first-order valence-corrected chi connectivity index (χ1v) is 11.0. The number of hydrogen-bond donors (Lipinski definition) is 3. The van der Waals surface area contributed by atoms with Gasteiger partial charge in [0, 0.05) is 18.3 Å². The number of hydrogen-bond acceptors (Lipinski definition) is 9. The van der Waals surface area contributed by atoms with E-state index in [9.17, 15) is 18.3 Å². The van der Waals surface area contributed by atoms with Gasteiger partial charge in [0.05, 0.1) is 23.7 Å². The molecule has 4 heterocycles. The number of fused-ring (bicyclic) bond motifs is 1. The van der Waals surface area contributed by atoms with Crippen LogP contribution in [0.25, 0.3) is 11.7 Å². The molecule has 1 saturated carbocycles. The van der Waals surface area contributed by atoms with Gasteiger partial charge in [-0.2, -0.15) is 19.6 Å². The highest BCUT2D eigenvalue weighted by molar-refractivity contribution is 7.91. The number of aromatic amines is 2. The molecule has 5 rings (SSSR count). The molecule has 3 aromatic heterocycles. The van der Waals surface area contributed by atoms with Crippen molar-refractivity contribution in [2.45, 2.75) is 18.9 Å². The second-order valence-corrected chi connectivity index (χ2v) is 9.45. The van der Waals surface area contributed by atoms with E-state index in [2.05, 4.69) is 30.0 Å². The number of anilines is 1. The Hall–Kier alpha value is -3.22. The quantitative estimate of drug-likeness (QED) is 0.427. The second kappa shape index (κ2) is 6.40. The highest BCUT2D eigenvalue weighted by Gasteiger charge is 2.25. The molecule has 3 aromatic rings. The third kappa shape index (κ3) is 3.48. The van der Waals surface area contributed by atoms with Crippen molar-refractivity contribution in [2.24, 2.45) is 4.99 Å². The van der Waals surface area contributed by atoms with Crippen molar-refractivity contribution in [1.82, 2.24) is 29.5 Å². The van der Waals surface area contributed by atoms with Crippen LogP contribution in [0.4, 0.5) is 5.95 Å². The Balaban J connectivity index is 1.67. The Labute approximate surface area is 163 Å². The van der Waals surface area contributed by atoms with Crippen LogP contribution in [0.5, 0.6) is 5.88 Å². The van der Waals surface area contributed by atoms with E-state index in [1.807, 2.05) is 4.90 Å². The van der Waals surface area contributed by atoms with Crippen LogP contribution in [0.15, 0.2) is 16.0 Å². The van der Waals surface area contributed by atoms with E-state index in [0.29, 0.717) is 35.5 Å². The Morgan fingerprint density at radius 2 is 1.97 bits per heavy atom. The third-order valence-electron chi connectivity index (χ3n) is 4.87. The molecule has 3 N–H and O–H groups in total. The lowest BCUT2D eigenvalue weighted by atomic mass is 10.3. The van der Waals surface area contributed by atoms with Gasteiger partial charge in [-0.1, -0.05) is 0 Å². The summed E-state index contributed by atoms with van der Waals surface area (Å²) in [5.41, 5.74) is 0.519. The molecule has 12 nitrogen and oxygen atoms in total. The summed E-state index contributed by atoms with van der Waals surface area (Å²) in [5, 5.41) is 14.7. The molecule has 1 saturated heterocycles. The lowest BCUT2D eigenvalue weighted by Gasteiger charge is -2.26. The fraction of sp³-hybridized carbons (Fsp3) is 0.438. The van der Waals surface area contributed by atoms with Gasteiger partial charge in [0.2, 0.25) is 11.8 Å². The lowest BCUT2D eigenvalue weighted by Crippen LogP contribution is -2.42. The summed E-state index contributed by atoms with van der Waals surface area (Å²) in [6.45, 7) is 0.612. The predicted octanol–water partition coefficient (Wildman–Crippen LogP) is -2.31. The zero-order valence-electron chi connectivity index (χ0n) is 15.2. The highest BCUT2D eigenvalue weighted by atomic mass is 32.2. The molecule has 13 heteroatoms. The normalized spacial score (nSPS) is 20.6. The molecule has 0 unspecified atom stereocenters. The number of sulfone groups is 1. The molecule has 0 amide bonds. The minimum atomic E-state index is -3.04. The summed E-state index contributed by atoms with van der Waals surface area (Å²) in [5.74, 6) is 0.197. The number of rotatable bonds is 3. The van der Waals surface area contributed by atoms with Crippen LogP contribution < -0.4 is 21.4 Å². The van der Waals surface area contributed by atoms with Crippen LogP contribution in [0.2, 0.25) is 0 Å². The number of nitrogens with zero attached hydrogens (tertiary/aromatic N) is 6. The summed E-state index contributed by atoms with van der Waals surface area (Å²) in [6.07, 6.45) is 5.07. The number of aromatic nitrogens is 6. The van der Waals surface area contributed by atoms with E-state index in [1.54, 1.807) is 12.3 Å². The van der Waals surface area contributed by atoms with Gasteiger partial charge in [-0.25, -0.2) is 18.2 Å². The minimum Gasteiger partial charge on any atom is -0.493 e. The lowest BCUT2D eigenvalue weighted by molar-refractivity contribution is 0.454. The van der Waals surface area contributed by atoms with E-state index in [-0.39, 0.29) is 29.1 Å². The molecule has 0 radical (unpaired) electrons. The first-order chi connectivity index (χ1) is 13.9. The standard InChI is InChI=1S/C16H18N8O4S/c25-13-11(19-16(26)21-13)7-9-8-17-24-12(9)20-14(22-15(24)18-10-1-2-10)23-3-5-29(27,28)6-4-23/h7-8,10,25H,1-6H2,(H2,19,21,26)/b9-7+,18-15?. The summed E-state index contributed by atoms with van der Waals surface area (Å²) in [7, 11) is -3.04. The predicted molar refractivity (Wildman–Crippen MR) is 102 cm³/mol. The van der Waals surface area contributed by atoms with Crippen LogP contribution in [-0.4, -0.2) is 73.7 Å². The Morgan fingerprint density at radius 3 is 2.62 bits per heavy atom. The monoisotopic (exact) mass is 418 g/mol. The number of nitrogens with one attached hydrogen (secondary N) is 2. The molecule has 2 aliphatic rings. The average molecular weight is 418 g/mol. The van der Waals surface area contributed by atoms with Crippen molar-refractivity contribution < 1.29 is 13.5 Å². The van der Waals surface area contributed by atoms with Crippen molar-refractivity contribution in [3.8, 4) is 5.88 Å². The van der Waals surface area contributed by atoms with Crippen LogP contribution >= 0.6 is 0 Å². The van der Waals surface area contributed by atoms with Crippen LogP contribution in [-0.2, 0) is 9.84 Å². The van der Waals surface area contributed by atoms with Gasteiger partial charge in [-0.15, -0.1) is 0 Å². The van der Waals surface area contributed by atoms with Gasteiger partial charge in [-0.05, 0) is 18.9 Å². The van der Waals surface area contributed by atoms with Crippen LogP contribution in [0.1, 0.15) is 18.5 Å². The molecular formula is C16H18N8O4S. The van der Waals surface area contributed by atoms with Crippen LogP contribution in [0.3, 0.4) is 0 Å². The molecule has 1 aliphatic carbocycles. The maximum absolute atomic E-state index is 11.7. The molecule has 2 fully saturated rings. The van der Waals surface area contributed by atoms with Crippen molar-refractivity contribution in [3.05, 3.63) is 33.2 Å². The smallest absolute Gasteiger partial charge is 0.326 e. The Morgan fingerprint density at radius 1 is 1.21 bits per heavy atom. The molecular weight excluding hydrogens is 400 g/mol. The SMILES string of the molecule is O=c1[nH]c(O)c(/C=c2\cnn3c(=NC4CC4)nc(N4CCS(=O)(=O)CC4)nc23)[nH]1. The number of aromatic hydroxyl groups is 1. The third-order valence-corrected chi connectivity index (χ3v) is 6.48. The van der Waals surface area contributed by atoms with Gasteiger partial charge in [0.25, 0.3) is 5.62 Å². The van der Waals surface area contributed by atoms with E-state index < -0.39 is 15.5 Å². The van der Waals surface area contributed by atoms with Gasteiger partial charge >= 0.3 is 5.69 Å². The zero-order valence-corrected chi connectivity index (χ0v) is 16.1. The first kappa shape index (κ1) is 17.8. The summed E-state index contributed by atoms with van der Waals surface area (Å²) < 4.78 is 25.0. The van der Waals surface area contributed by atoms with Crippen molar-refractivity contribution in [1.29, 1.82) is 0 Å². The van der Waals surface area contributed by atoms with E-state index in [4.69, 9.17) is 0 Å². The van der Waals surface area contributed by atoms with Crippen molar-refractivity contribution in [2.75, 3.05) is 29.5 Å². The van der Waals surface area contributed by atoms with Crippen molar-refractivity contribution >= 4 is 27.5 Å². The Kier molecular flexibility index (Phi) is 3.94. The molecule has 0 spiro atoms. The van der Waals surface area contributed by atoms with E-state index >= 15 is 0 Å². The largest absolute Gasteiger partial charge is 0.493 e. The number of H-pyrrole nitrogens is 2. The molecule has 1 aliphatic heterocycles. The summed E-state index contributed by atoms with van der Waals surface area (Å²) in [4.78, 5) is 31.7. The minimum absolute atomic E-state index is 0.0490. The molecule has 0 aromatic carbocycles.